The molecule has 18 heavy (non-hydrogen) atoms. The molecule has 0 aromatic rings. The highest BCUT2D eigenvalue weighted by Gasteiger charge is 2.14. The zero-order chi connectivity index (χ0) is 14.1. The van der Waals surface area contributed by atoms with Crippen LogP contribution in [0, 0.1) is 23.7 Å². The third-order valence-corrected chi connectivity index (χ3v) is 3.24. The molecule has 2 nitrogen and oxygen atoms in total. The van der Waals surface area contributed by atoms with Gasteiger partial charge in [-0.15, -0.1) is 0 Å². The minimum Gasteiger partial charge on any atom is -0.330 e. The first-order valence-electron chi connectivity index (χ1n) is 7.77. The first-order chi connectivity index (χ1) is 8.35. The molecule has 0 saturated heterocycles. The predicted octanol–water partition coefficient (Wildman–Crippen LogP) is 3.61. The van der Waals surface area contributed by atoms with Crippen LogP contribution in [0.2, 0.25) is 0 Å². The lowest BCUT2D eigenvalue weighted by Crippen LogP contribution is -2.34. The van der Waals surface area contributed by atoms with Gasteiger partial charge in [0.05, 0.1) is 0 Å². The van der Waals surface area contributed by atoms with Crippen molar-refractivity contribution in [2.75, 3.05) is 26.2 Å². The molecule has 2 heteroatoms. The Morgan fingerprint density at radius 1 is 0.833 bits per heavy atom. The van der Waals surface area contributed by atoms with Gasteiger partial charge in [0.2, 0.25) is 0 Å². The van der Waals surface area contributed by atoms with Crippen molar-refractivity contribution in [1.29, 1.82) is 0 Å². The summed E-state index contributed by atoms with van der Waals surface area (Å²) < 4.78 is 0. The van der Waals surface area contributed by atoms with Crippen LogP contribution < -0.4 is 5.73 Å². The van der Waals surface area contributed by atoms with Crippen LogP contribution in [0.4, 0.5) is 0 Å². The maximum absolute atomic E-state index is 5.89. The lowest BCUT2D eigenvalue weighted by molar-refractivity contribution is 0.200. The molecule has 2 N–H and O–H groups in total. The molecule has 0 spiro atoms. The van der Waals surface area contributed by atoms with Gasteiger partial charge in [-0.2, -0.15) is 0 Å². The van der Waals surface area contributed by atoms with E-state index in [2.05, 4.69) is 46.4 Å². The molecule has 0 heterocycles. The van der Waals surface area contributed by atoms with E-state index in [1.807, 2.05) is 0 Å². The van der Waals surface area contributed by atoms with Crippen molar-refractivity contribution in [3.8, 4) is 0 Å². The van der Waals surface area contributed by atoms with E-state index in [1.165, 1.54) is 32.5 Å². The van der Waals surface area contributed by atoms with Gasteiger partial charge in [-0.25, -0.2) is 0 Å². The zero-order valence-electron chi connectivity index (χ0n) is 13.6. The van der Waals surface area contributed by atoms with Gasteiger partial charge < -0.3 is 10.6 Å². The van der Waals surface area contributed by atoms with Gasteiger partial charge in [0.1, 0.15) is 0 Å². The lowest BCUT2D eigenvalue weighted by atomic mass is 9.94. The predicted molar refractivity (Wildman–Crippen MR) is 82.7 cm³/mol. The van der Waals surface area contributed by atoms with E-state index in [0.29, 0.717) is 5.92 Å². The molecular formula is C16H36N2. The Morgan fingerprint density at radius 3 is 1.67 bits per heavy atom. The summed E-state index contributed by atoms with van der Waals surface area (Å²) in [6.07, 6.45) is 2.53. The van der Waals surface area contributed by atoms with Crippen LogP contribution in [0.25, 0.3) is 0 Å². The second-order valence-electron chi connectivity index (χ2n) is 7.07. The molecule has 1 unspecified atom stereocenters. The molecule has 0 aliphatic rings. The highest BCUT2D eigenvalue weighted by atomic mass is 15.1. The molecule has 0 rings (SSSR count). The maximum atomic E-state index is 5.89. The summed E-state index contributed by atoms with van der Waals surface area (Å²) in [5.74, 6) is 2.98. The normalized spacial score (nSPS) is 14.2. The lowest BCUT2D eigenvalue weighted by Gasteiger charge is -2.28. The van der Waals surface area contributed by atoms with Crippen molar-refractivity contribution in [2.24, 2.45) is 29.4 Å². The smallest absolute Gasteiger partial charge is 0.000450 e. The fourth-order valence-electron chi connectivity index (χ4n) is 2.65. The fourth-order valence-corrected chi connectivity index (χ4v) is 2.65. The van der Waals surface area contributed by atoms with Crippen molar-refractivity contribution in [3.05, 3.63) is 0 Å². The van der Waals surface area contributed by atoms with Crippen LogP contribution in [0.1, 0.15) is 54.4 Å². The third-order valence-electron chi connectivity index (χ3n) is 3.24. The second kappa shape index (κ2) is 9.80. The summed E-state index contributed by atoms with van der Waals surface area (Å²) in [6, 6.07) is 0. The van der Waals surface area contributed by atoms with Gasteiger partial charge in [0.15, 0.2) is 0 Å². The van der Waals surface area contributed by atoms with Gasteiger partial charge in [0.25, 0.3) is 0 Å². The number of hydrogen-bond donors (Lipinski definition) is 1. The Morgan fingerprint density at radius 2 is 1.33 bits per heavy atom. The molecule has 0 aliphatic carbocycles. The summed E-state index contributed by atoms with van der Waals surface area (Å²) in [6.45, 7) is 18.3. The largest absolute Gasteiger partial charge is 0.330 e. The molecule has 0 fully saturated rings. The van der Waals surface area contributed by atoms with Gasteiger partial charge in [-0.1, -0.05) is 41.5 Å². The monoisotopic (exact) mass is 256 g/mol. The summed E-state index contributed by atoms with van der Waals surface area (Å²) in [7, 11) is 0. The van der Waals surface area contributed by atoms with Crippen LogP contribution in [-0.4, -0.2) is 31.1 Å². The zero-order valence-corrected chi connectivity index (χ0v) is 13.6. The number of rotatable bonds is 10. The van der Waals surface area contributed by atoms with Gasteiger partial charge >= 0.3 is 0 Å². The van der Waals surface area contributed by atoms with E-state index in [-0.39, 0.29) is 0 Å². The minimum atomic E-state index is 0.701. The summed E-state index contributed by atoms with van der Waals surface area (Å²) in [5.41, 5.74) is 5.89. The van der Waals surface area contributed by atoms with E-state index < -0.39 is 0 Å². The molecule has 110 valence electrons. The van der Waals surface area contributed by atoms with Crippen molar-refractivity contribution in [3.63, 3.8) is 0 Å². The molecule has 0 saturated carbocycles. The van der Waals surface area contributed by atoms with E-state index in [4.69, 9.17) is 5.73 Å². The number of nitrogens with two attached hydrogens (primary N) is 1. The SMILES string of the molecule is CC(C)CC(CN)CCN(CC(C)C)CC(C)C. The fraction of sp³-hybridized carbons (Fsp3) is 1.00. The second-order valence-corrected chi connectivity index (χ2v) is 7.07. The van der Waals surface area contributed by atoms with E-state index in [9.17, 15) is 0 Å². The highest BCUT2D eigenvalue weighted by Crippen LogP contribution is 2.15. The van der Waals surface area contributed by atoms with Crippen LogP contribution in [0.15, 0.2) is 0 Å². The Kier molecular flexibility index (Phi) is 9.76. The molecule has 0 aliphatic heterocycles. The summed E-state index contributed by atoms with van der Waals surface area (Å²) >= 11 is 0. The standard InChI is InChI=1S/C16H36N2/c1-13(2)9-16(10-17)7-8-18(11-14(3)4)12-15(5)6/h13-16H,7-12,17H2,1-6H3. The molecule has 0 aromatic carbocycles. The Hall–Kier alpha value is -0.0800. The van der Waals surface area contributed by atoms with Crippen molar-refractivity contribution < 1.29 is 0 Å². The number of hydrogen-bond acceptors (Lipinski definition) is 2. The van der Waals surface area contributed by atoms with Crippen molar-refractivity contribution in [1.82, 2.24) is 4.90 Å². The molecule has 0 aromatic heterocycles. The summed E-state index contributed by atoms with van der Waals surface area (Å²) in [4.78, 5) is 2.62. The first-order valence-corrected chi connectivity index (χ1v) is 7.77. The molecule has 0 bridgehead atoms. The molecule has 0 radical (unpaired) electrons. The topological polar surface area (TPSA) is 29.3 Å². The Bertz CT molecular complexity index is 178. The Labute approximate surface area is 115 Å². The van der Waals surface area contributed by atoms with Crippen molar-refractivity contribution >= 4 is 0 Å². The van der Waals surface area contributed by atoms with E-state index in [1.54, 1.807) is 0 Å². The molecule has 1 atom stereocenters. The van der Waals surface area contributed by atoms with E-state index in [0.717, 1.165) is 24.3 Å². The first kappa shape index (κ1) is 17.9. The molecule has 0 amide bonds. The average molecular weight is 256 g/mol. The summed E-state index contributed by atoms with van der Waals surface area (Å²) in [5, 5.41) is 0. The van der Waals surface area contributed by atoms with E-state index >= 15 is 0 Å². The minimum absolute atomic E-state index is 0.701. The molecular weight excluding hydrogens is 220 g/mol. The Balaban J connectivity index is 4.13. The van der Waals surface area contributed by atoms with Gasteiger partial charge in [0, 0.05) is 13.1 Å². The third kappa shape index (κ3) is 9.90. The maximum Gasteiger partial charge on any atom is 0.000450 e. The quantitative estimate of drug-likeness (QED) is 0.647. The van der Waals surface area contributed by atoms with Gasteiger partial charge in [-0.3, -0.25) is 0 Å². The van der Waals surface area contributed by atoms with Crippen LogP contribution in [-0.2, 0) is 0 Å². The van der Waals surface area contributed by atoms with Crippen molar-refractivity contribution in [2.45, 2.75) is 54.4 Å². The van der Waals surface area contributed by atoms with Gasteiger partial charge in [-0.05, 0) is 49.6 Å². The highest BCUT2D eigenvalue weighted by molar-refractivity contribution is 4.68. The average Bonchev–Trinajstić information content (AvgIpc) is 2.21. The number of nitrogens with zero attached hydrogens (tertiary/aromatic N) is 1. The van der Waals surface area contributed by atoms with Crippen LogP contribution in [0.3, 0.4) is 0 Å². The van der Waals surface area contributed by atoms with Crippen LogP contribution >= 0.6 is 0 Å². The van der Waals surface area contributed by atoms with Crippen LogP contribution in [0.5, 0.6) is 0 Å².